The topological polar surface area (TPSA) is 148 Å². The lowest BCUT2D eigenvalue weighted by atomic mass is 9.82. The summed E-state index contributed by atoms with van der Waals surface area (Å²) in [6, 6.07) is 13.3. The smallest absolute Gasteiger partial charge is 0.218 e. The molecule has 10 nitrogen and oxygen atoms in total. The van der Waals surface area contributed by atoms with Crippen molar-refractivity contribution in [2.45, 2.75) is 18.9 Å². The van der Waals surface area contributed by atoms with Crippen LogP contribution in [0.2, 0.25) is 0 Å². The molecule has 0 radical (unpaired) electrons. The average molecular weight is 515 g/mol. The number of hydrogen-bond acceptors (Lipinski definition) is 9. The van der Waals surface area contributed by atoms with E-state index in [1.165, 1.54) is 30.5 Å². The van der Waals surface area contributed by atoms with Crippen LogP contribution < -0.4 is 16.3 Å². The van der Waals surface area contributed by atoms with E-state index in [2.05, 4.69) is 21.2 Å². The van der Waals surface area contributed by atoms with Gasteiger partial charge in [0.2, 0.25) is 11.4 Å². The number of rotatable bonds is 8. The zero-order valence-electron chi connectivity index (χ0n) is 21.4. The first-order valence-corrected chi connectivity index (χ1v) is 11.6. The van der Waals surface area contributed by atoms with E-state index in [9.17, 15) is 14.6 Å². The van der Waals surface area contributed by atoms with Crippen LogP contribution in [-0.2, 0) is 19.0 Å². The van der Waals surface area contributed by atoms with Crippen molar-refractivity contribution >= 4 is 10.9 Å². The number of fused-ring (bicyclic) bond motifs is 1. The number of aromatic nitrogens is 3. The Morgan fingerprint density at radius 2 is 2.03 bits per heavy atom. The third kappa shape index (κ3) is 4.21. The van der Waals surface area contributed by atoms with E-state index in [1.54, 1.807) is 62.1 Å². The minimum atomic E-state index is -1.69. The van der Waals surface area contributed by atoms with Gasteiger partial charge in [-0.15, -0.1) is 4.91 Å². The highest BCUT2D eigenvalue weighted by Crippen LogP contribution is 2.42. The van der Waals surface area contributed by atoms with E-state index in [-0.39, 0.29) is 23.8 Å². The number of pyridine rings is 1. The first kappa shape index (κ1) is 26.2. The number of nitroso groups, excluding NO2 is 1. The fraction of sp³-hybridized carbons (Fsp3) is 0.222. The van der Waals surface area contributed by atoms with E-state index in [1.807, 2.05) is 0 Å². The van der Waals surface area contributed by atoms with Crippen LogP contribution in [0, 0.1) is 29.0 Å². The lowest BCUT2D eigenvalue weighted by Gasteiger charge is -2.33. The van der Waals surface area contributed by atoms with Crippen molar-refractivity contribution in [1.29, 1.82) is 5.26 Å². The largest absolute Gasteiger partial charge is 0.481 e. The third-order valence-corrected chi connectivity index (χ3v) is 6.70. The molecule has 0 saturated heterocycles. The number of nitrogens with two attached hydrogens (primary N) is 2. The van der Waals surface area contributed by atoms with Gasteiger partial charge >= 0.3 is 0 Å². The lowest BCUT2D eigenvalue weighted by Crippen LogP contribution is -2.41. The molecule has 0 amide bonds. The number of hydrazine groups is 1. The van der Waals surface area contributed by atoms with E-state index < -0.39 is 5.54 Å². The number of aryl methyl sites for hydroxylation is 1. The van der Waals surface area contributed by atoms with Gasteiger partial charge in [0.15, 0.2) is 0 Å². The van der Waals surface area contributed by atoms with Gasteiger partial charge in [-0.1, -0.05) is 18.2 Å². The van der Waals surface area contributed by atoms with Crippen LogP contribution >= 0.6 is 0 Å². The molecule has 0 spiro atoms. The molecule has 2 heterocycles. The molecule has 0 fully saturated rings. The number of hydrogen-bond donors (Lipinski definition) is 2. The summed E-state index contributed by atoms with van der Waals surface area (Å²) < 4.78 is 20.7. The van der Waals surface area contributed by atoms with Gasteiger partial charge in [-0.05, 0) is 47.5 Å². The van der Waals surface area contributed by atoms with Crippen molar-refractivity contribution in [2.24, 2.45) is 23.8 Å². The molecule has 1 atom stereocenters. The van der Waals surface area contributed by atoms with Gasteiger partial charge in [0, 0.05) is 37.7 Å². The van der Waals surface area contributed by atoms with Gasteiger partial charge in [0.05, 0.1) is 35.8 Å². The standard InChI is InChI=1S/C27H27FN8O2/c1-16-32-15-25(35(16)2)27(34-37,24(14-30)36(3)31)18-7-10-23-20(12-18)22(13-29)21(26(33-23)38-4)11-17-5-8-19(28)9-6-17/h5-10,12,14-15H,11,30-31H2,1-4H3/b24-14-. The Hall–Kier alpha value is -4.82. The predicted octanol–water partition coefficient (Wildman–Crippen LogP) is 3.50. The zero-order chi connectivity index (χ0) is 27.6. The minimum Gasteiger partial charge on any atom is -0.481 e. The summed E-state index contributed by atoms with van der Waals surface area (Å²) in [5.41, 5.74) is 7.42. The number of ether oxygens (including phenoxy) is 1. The number of benzene rings is 2. The van der Waals surface area contributed by atoms with Crippen LogP contribution in [0.1, 0.15) is 33.8 Å². The molecule has 0 bridgehead atoms. The molecule has 194 valence electrons. The van der Waals surface area contributed by atoms with Crippen LogP contribution in [0.3, 0.4) is 0 Å². The zero-order valence-corrected chi connectivity index (χ0v) is 21.4. The number of methoxy groups -OCH3 is 1. The van der Waals surface area contributed by atoms with Crippen LogP contribution in [0.4, 0.5) is 4.39 Å². The average Bonchev–Trinajstić information content (AvgIpc) is 3.25. The van der Waals surface area contributed by atoms with Gasteiger partial charge in [0.1, 0.15) is 17.7 Å². The molecule has 38 heavy (non-hydrogen) atoms. The number of likely N-dealkylation sites (N-methyl/N-ethyl adjacent to an activating group) is 1. The maximum absolute atomic E-state index is 13.5. The summed E-state index contributed by atoms with van der Waals surface area (Å²) in [7, 11) is 4.79. The van der Waals surface area contributed by atoms with E-state index >= 15 is 0 Å². The van der Waals surface area contributed by atoms with Gasteiger partial charge in [-0.3, -0.25) is 0 Å². The Morgan fingerprint density at radius 1 is 1.32 bits per heavy atom. The van der Waals surface area contributed by atoms with Gasteiger partial charge in [0.25, 0.3) is 0 Å². The van der Waals surface area contributed by atoms with Crippen molar-refractivity contribution in [3.8, 4) is 11.9 Å². The molecule has 0 aliphatic rings. The Bertz CT molecular complexity index is 1590. The Kier molecular flexibility index (Phi) is 7.10. The summed E-state index contributed by atoms with van der Waals surface area (Å²) in [5.74, 6) is 6.68. The SMILES string of the molecule is COc1nc2ccc(C(N=O)(/C(=C/N)N(C)N)c3cnc(C)n3C)cc2c(C#N)c1Cc1ccc(F)cc1. The second-order valence-corrected chi connectivity index (χ2v) is 8.84. The van der Waals surface area contributed by atoms with Gasteiger partial charge in [-0.2, -0.15) is 5.26 Å². The minimum absolute atomic E-state index is 0.210. The van der Waals surface area contributed by atoms with Crippen molar-refractivity contribution in [1.82, 2.24) is 19.5 Å². The molecule has 2 aromatic carbocycles. The molecular formula is C27H27FN8O2. The number of halogens is 1. The highest BCUT2D eigenvalue weighted by molar-refractivity contribution is 5.88. The van der Waals surface area contributed by atoms with Gasteiger partial charge in [-0.25, -0.2) is 20.2 Å². The van der Waals surface area contributed by atoms with Crippen molar-refractivity contribution in [2.75, 3.05) is 14.2 Å². The van der Waals surface area contributed by atoms with Crippen molar-refractivity contribution < 1.29 is 9.13 Å². The summed E-state index contributed by atoms with van der Waals surface area (Å²) in [6.07, 6.45) is 3.05. The molecule has 0 aliphatic carbocycles. The van der Waals surface area contributed by atoms with Crippen LogP contribution in [0.25, 0.3) is 10.9 Å². The van der Waals surface area contributed by atoms with E-state index in [0.717, 1.165) is 5.56 Å². The molecule has 4 rings (SSSR count). The van der Waals surface area contributed by atoms with Crippen LogP contribution in [-0.4, -0.2) is 33.7 Å². The predicted molar refractivity (Wildman–Crippen MR) is 141 cm³/mol. The lowest BCUT2D eigenvalue weighted by molar-refractivity contribution is 0.357. The summed E-state index contributed by atoms with van der Waals surface area (Å²) in [6.45, 7) is 1.79. The molecule has 0 aliphatic heterocycles. The van der Waals surface area contributed by atoms with E-state index in [4.69, 9.17) is 16.3 Å². The molecule has 0 saturated carbocycles. The first-order valence-electron chi connectivity index (χ1n) is 11.6. The highest BCUT2D eigenvalue weighted by atomic mass is 19.1. The molecule has 4 N–H and O–H groups in total. The van der Waals surface area contributed by atoms with Crippen molar-refractivity contribution in [3.05, 3.63) is 105 Å². The Morgan fingerprint density at radius 3 is 2.55 bits per heavy atom. The van der Waals surface area contributed by atoms with Crippen molar-refractivity contribution in [3.63, 3.8) is 0 Å². The quantitative estimate of drug-likeness (QED) is 0.206. The maximum atomic E-state index is 13.5. The molecule has 2 aromatic heterocycles. The highest BCUT2D eigenvalue weighted by Gasteiger charge is 2.45. The maximum Gasteiger partial charge on any atom is 0.218 e. The summed E-state index contributed by atoms with van der Waals surface area (Å²) in [5, 5.41) is 15.5. The van der Waals surface area contributed by atoms with Gasteiger partial charge < -0.3 is 20.0 Å². The van der Waals surface area contributed by atoms with Crippen LogP contribution in [0.5, 0.6) is 5.88 Å². The second kappa shape index (κ2) is 10.3. The number of nitrogens with zero attached hydrogens (tertiary/aromatic N) is 6. The van der Waals surface area contributed by atoms with E-state index in [0.29, 0.717) is 39.1 Å². The normalized spacial score (nSPS) is 13.1. The fourth-order valence-corrected chi connectivity index (χ4v) is 4.68. The third-order valence-electron chi connectivity index (χ3n) is 6.70. The monoisotopic (exact) mass is 514 g/mol. The molecule has 1 unspecified atom stereocenters. The Labute approximate surface area is 218 Å². The summed E-state index contributed by atoms with van der Waals surface area (Å²) >= 11 is 0. The Balaban J connectivity index is 2.04. The second-order valence-electron chi connectivity index (χ2n) is 8.84. The number of imidazole rings is 1. The van der Waals surface area contributed by atoms with Crippen LogP contribution in [0.15, 0.2) is 65.7 Å². The molecular weight excluding hydrogens is 487 g/mol. The molecule has 11 heteroatoms. The number of nitriles is 1. The fourth-order valence-electron chi connectivity index (χ4n) is 4.68. The first-order chi connectivity index (χ1) is 18.2. The summed E-state index contributed by atoms with van der Waals surface area (Å²) in [4.78, 5) is 21.8. The molecule has 4 aromatic rings.